The topological polar surface area (TPSA) is 155 Å². The second kappa shape index (κ2) is 13.1. The van der Waals surface area contributed by atoms with Crippen LogP contribution in [0.4, 0.5) is 0 Å². The minimum absolute atomic E-state index is 0.216. The second-order valence-corrected chi connectivity index (χ2v) is 12.3. The number of aromatic nitrogens is 6. The molecule has 9 nitrogen and oxygen atoms in total. The predicted octanol–water partition coefficient (Wildman–Crippen LogP) is 4.05. The lowest BCUT2D eigenvalue weighted by molar-refractivity contribution is -0.0387. The van der Waals surface area contributed by atoms with Gasteiger partial charge in [0.05, 0.1) is 50.4 Å². The molecule has 7 rings (SSSR count). The lowest BCUT2D eigenvalue weighted by Crippen LogP contribution is -2.74. The Morgan fingerprint density at radius 1 is 0.333 bits per heavy atom. The summed E-state index contributed by atoms with van der Waals surface area (Å²) in [7, 11) is 0. The second-order valence-electron chi connectivity index (χ2n) is 12.3. The molecular formula is C39H39N9. The SMILES string of the molecule is NCC1C(c2ccccn2)(c2ccccn2)C(CN)C(c2ccccn2)(c2ccccn2)C(CN)C1(c1ccccn1)c1ccccn1. The highest BCUT2D eigenvalue weighted by Gasteiger charge is 2.75. The van der Waals surface area contributed by atoms with Gasteiger partial charge in [-0.2, -0.15) is 0 Å². The first-order valence-corrected chi connectivity index (χ1v) is 16.3. The zero-order chi connectivity index (χ0) is 33.0. The molecule has 6 aromatic rings. The Kier molecular flexibility index (Phi) is 8.58. The highest BCUT2D eigenvalue weighted by atomic mass is 15.0. The molecule has 0 radical (unpaired) electrons. The third kappa shape index (κ3) is 4.42. The van der Waals surface area contributed by atoms with Crippen molar-refractivity contribution in [2.75, 3.05) is 19.6 Å². The van der Waals surface area contributed by atoms with Crippen LogP contribution in [0.15, 0.2) is 146 Å². The minimum Gasteiger partial charge on any atom is -0.330 e. The summed E-state index contributed by atoms with van der Waals surface area (Å²) in [6.07, 6.45) is 10.9. The molecule has 9 heteroatoms. The first kappa shape index (κ1) is 31.4. The lowest BCUT2D eigenvalue weighted by atomic mass is 9.35. The van der Waals surface area contributed by atoms with Gasteiger partial charge in [-0.1, -0.05) is 36.4 Å². The van der Waals surface area contributed by atoms with E-state index in [1.165, 1.54) is 0 Å². The van der Waals surface area contributed by atoms with Gasteiger partial charge < -0.3 is 17.2 Å². The summed E-state index contributed by atoms with van der Waals surface area (Å²) < 4.78 is 0. The molecule has 0 spiro atoms. The van der Waals surface area contributed by atoms with E-state index in [1.54, 1.807) is 0 Å². The van der Waals surface area contributed by atoms with Crippen LogP contribution in [0.1, 0.15) is 34.2 Å². The van der Waals surface area contributed by atoms with Crippen molar-refractivity contribution in [1.29, 1.82) is 0 Å². The van der Waals surface area contributed by atoms with Gasteiger partial charge in [0.2, 0.25) is 0 Å². The molecule has 48 heavy (non-hydrogen) atoms. The van der Waals surface area contributed by atoms with Crippen molar-refractivity contribution >= 4 is 0 Å². The van der Waals surface area contributed by atoms with Crippen LogP contribution in [0.2, 0.25) is 0 Å². The summed E-state index contributed by atoms with van der Waals surface area (Å²) >= 11 is 0. The van der Waals surface area contributed by atoms with Crippen LogP contribution >= 0.6 is 0 Å². The van der Waals surface area contributed by atoms with Gasteiger partial charge in [0.15, 0.2) is 0 Å². The molecule has 1 fully saturated rings. The Labute approximate surface area is 280 Å². The third-order valence-corrected chi connectivity index (χ3v) is 10.5. The van der Waals surface area contributed by atoms with Crippen LogP contribution in [0.5, 0.6) is 0 Å². The highest BCUT2D eigenvalue weighted by molar-refractivity contribution is 5.54. The van der Waals surface area contributed by atoms with E-state index in [-0.39, 0.29) is 19.6 Å². The molecule has 6 N–H and O–H groups in total. The molecule has 0 aliphatic heterocycles. The van der Waals surface area contributed by atoms with Gasteiger partial charge in [0.25, 0.3) is 0 Å². The van der Waals surface area contributed by atoms with Crippen molar-refractivity contribution in [2.45, 2.75) is 16.2 Å². The summed E-state index contributed by atoms with van der Waals surface area (Å²) in [5.41, 5.74) is 23.2. The van der Waals surface area contributed by atoms with Crippen molar-refractivity contribution in [1.82, 2.24) is 29.9 Å². The summed E-state index contributed by atoms with van der Waals surface area (Å²) in [5.74, 6) is -1.33. The maximum Gasteiger partial charge on any atom is 0.0653 e. The monoisotopic (exact) mass is 633 g/mol. The van der Waals surface area contributed by atoms with Crippen molar-refractivity contribution < 1.29 is 0 Å². The zero-order valence-corrected chi connectivity index (χ0v) is 26.6. The third-order valence-electron chi connectivity index (χ3n) is 10.5. The summed E-state index contributed by atoms with van der Waals surface area (Å²) in [5, 5.41) is 0. The Morgan fingerprint density at radius 2 is 0.521 bits per heavy atom. The van der Waals surface area contributed by atoms with E-state index in [2.05, 4.69) is 36.4 Å². The number of rotatable bonds is 9. The Hall–Kier alpha value is -5.22. The van der Waals surface area contributed by atoms with Crippen molar-refractivity contribution in [3.63, 3.8) is 0 Å². The average molecular weight is 634 g/mol. The van der Waals surface area contributed by atoms with E-state index in [0.717, 1.165) is 34.2 Å². The molecular weight excluding hydrogens is 594 g/mol. The van der Waals surface area contributed by atoms with E-state index in [9.17, 15) is 0 Å². The smallest absolute Gasteiger partial charge is 0.0653 e. The summed E-state index contributed by atoms with van der Waals surface area (Å²) in [6.45, 7) is 0.648. The maximum atomic E-state index is 7.18. The van der Waals surface area contributed by atoms with Crippen LogP contribution in [0.3, 0.4) is 0 Å². The normalized spacial score (nSPS) is 20.9. The Balaban J connectivity index is 1.80. The number of nitrogens with zero attached hydrogens (tertiary/aromatic N) is 6. The molecule has 0 unspecified atom stereocenters. The van der Waals surface area contributed by atoms with E-state index >= 15 is 0 Å². The van der Waals surface area contributed by atoms with Crippen LogP contribution in [-0.4, -0.2) is 49.5 Å². The Morgan fingerprint density at radius 3 is 0.646 bits per heavy atom. The van der Waals surface area contributed by atoms with Crippen molar-refractivity contribution in [2.24, 2.45) is 35.0 Å². The van der Waals surface area contributed by atoms with Crippen LogP contribution < -0.4 is 17.2 Å². The van der Waals surface area contributed by atoms with Crippen molar-refractivity contribution in [3.05, 3.63) is 181 Å². The predicted molar refractivity (Wildman–Crippen MR) is 185 cm³/mol. The maximum absolute atomic E-state index is 7.18. The lowest BCUT2D eigenvalue weighted by Gasteiger charge is -2.67. The van der Waals surface area contributed by atoms with Crippen LogP contribution in [0.25, 0.3) is 0 Å². The fraction of sp³-hybridized carbons (Fsp3) is 0.231. The van der Waals surface area contributed by atoms with Crippen LogP contribution in [0, 0.1) is 17.8 Å². The highest BCUT2D eigenvalue weighted by Crippen LogP contribution is 2.69. The molecule has 0 amide bonds. The van der Waals surface area contributed by atoms with E-state index in [4.69, 9.17) is 47.1 Å². The molecule has 1 aliphatic carbocycles. The molecule has 0 bridgehead atoms. The van der Waals surface area contributed by atoms with Gasteiger partial charge in [-0.15, -0.1) is 0 Å². The number of nitrogens with two attached hydrogens (primary N) is 3. The van der Waals surface area contributed by atoms with Crippen LogP contribution in [-0.2, 0) is 16.2 Å². The molecule has 1 saturated carbocycles. The Bertz CT molecular complexity index is 1530. The number of hydrogen-bond acceptors (Lipinski definition) is 9. The first-order chi connectivity index (χ1) is 23.7. The number of hydrogen-bond donors (Lipinski definition) is 3. The van der Waals surface area contributed by atoms with Gasteiger partial charge in [-0.05, 0) is 92.4 Å². The molecule has 240 valence electrons. The summed E-state index contributed by atoms with van der Waals surface area (Å²) in [4.78, 5) is 30.8. The van der Waals surface area contributed by atoms with E-state index in [0.29, 0.717) is 0 Å². The van der Waals surface area contributed by atoms with Gasteiger partial charge >= 0.3 is 0 Å². The van der Waals surface area contributed by atoms with Gasteiger partial charge in [0, 0.05) is 54.9 Å². The van der Waals surface area contributed by atoms with Crippen molar-refractivity contribution in [3.8, 4) is 0 Å². The standard InChI is InChI=1S/C39H39N9/c40-25-28-37(31-13-1-7-19-43-31,32-14-2-8-20-44-32)29(26-41)39(35-17-5-11-23-47-35,36-18-6-12-24-48-36)30(27-42)38(28,33-15-3-9-21-45-33)34-16-4-10-22-46-34/h1-24,28-30H,25-27,40-42H2. The zero-order valence-electron chi connectivity index (χ0n) is 26.6. The molecule has 0 atom stereocenters. The first-order valence-electron chi connectivity index (χ1n) is 16.3. The molecule has 6 heterocycles. The van der Waals surface area contributed by atoms with E-state index < -0.39 is 34.0 Å². The fourth-order valence-electron chi connectivity index (χ4n) is 9.10. The molecule has 0 saturated heterocycles. The summed E-state index contributed by atoms with van der Waals surface area (Å²) in [6, 6.07) is 36.0. The van der Waals surface area contributed by atoms with Gasteiger partial charge in [-0.3, -0.25) is 29.9 Å². The van der Waals surface area contributed by atoms with Gasteiger partial charge in [0.1, 0.15) is 0 Å². The average Bonchev–Trinajstić information content (AvgIpc) is 3.18. The quantitative estimate of drug-likeness (QED) is 0.214. The largest absolute Gasteiger partial charge is 0.330 e. The molecule has 1 aliphatic rings. The molecule has 6 aromatic heterocycles. The minimum atomic E-state index is -1.03. The molecule has 0 aromatic carbocycles. The fourth-order valence-corrected chi connectivity index (χ4v) is 9.10. The van der Waals surface area contributed by atoms with E-state index in [1.807, 2.05) is 110 Å². The van der Waals surface area contributed by atoms with Gasteiger partial charge in [-0.25, -0.2) is 0 Å². The number of pyridine rings is 6.